The van der Waals surface area contributed by atoms with Gasteiger partial charge in [0.15, 0.2) is 0 Å². The Balaban J connectivity index is 1.66. The Morgan fingerprint density at radius 3 is 1.54 bits per heavy atom. The second kappa shape index (κ2) is 13.0. The quantitative estimate of drug-likeness (QED) is 0.0969. The van der Waals surface area contributed by atoms with Crippen LogP contribution in [0.15, 0.2) is 72.8 Å². The number of halogens is 1. The van der Waals surface area contributed by atoms with E-state index in [1.807, 2.05) is 92.4 Å². The Hall–Kier alpha value is -2.96. The Morgan fingerprint density at radius 1 is 0.703 bits per heavy atom. The van der Waals surface area contributed by atoms with E-state index in [-0.39, 0.29) is 5.97 Å². The van der Waals surface area contributed by atoms with Gasteiger partial charge in [-0.15, -0.1) is 11.6 Å². The standard InChI is InChI=1S/C30H37ClO5Si/c1-33-26-16-10-23(11-17-26)30(31,24-12-18-27(34-2)19-13-24)25-14-20-28(21-15-25)35-22-8-6-7-9-29(32)36-37(3,4)5/h10-21H,6-9,22H2,1-5H3. The molecule has 0 saturated carbocycles. The fourth-order valence-corrected chi connectivity index (χ4v) is 5.22. The van der Waals surface area contributed by atoms with Gasteiger partial charge >= 0.3 is 0 Å². The number of carbonyl (C=O) groups excluding carboxylic acids is 1. The molecule has 5 nitrogen and oxygen atoms in total. The lowest BCUT2D eigenvalue weighted by atomic mass is 9.84. The van der Waals surface area contributed by atoms with E-state index >= 15 is 0 Å². The van der Waals surface area contributed by atoms with Crippen molar-refractivity contribution in [3.63, 3.8) is 0 Å². The minimum absolute atomic E-state index is 0.0889. The SMILES string of the molecule is COc1ccc(C(Cl)(c2ccc(OC)cc2)c2ccc(OCCCCCC(=O)O[Si](C)(C)C)cc2)cc1. The first-order chi connectivity index (χ1) is 17.7. The van der Waals surface area contributed by atoms with Crippen LogP contribution in [0.3, 0.4) is 0 Å². The van der Waals surface area contributed by atoms with Crippen molar-refractivity contribution in [2.24, 2.45) is 0 Å². The van der Waals surface area contributed by atoms with Crippen LogP contribution in [0.25, 0.3) is 0 Å². The third-order valence-electron chi connectivity index (χ3n) is 5.94. The highest BCUT2D eigenvalue weighted by Gasteiger charge is 2.34. The number of carbonyl (C=O) groups is 1. The molecule has 37 heavy (non-hydrogen) atoms. The zero-order valence-electron chi connectivity index (χ0n) is 22.4. The zero-order valence-corrected chi connectivity index (χ0v) is 24.1. The highest BCUT2D eigenvalue weighted by atomic mass is 35.5. The van der Waals surface area contributed by atoms with Gasteiger partial charge in [0, 0.05) is 6.42 Å². The van der Waals surface area contributed by atoms with Crippen molar-refractivity contribution < 1.29 is 23.4 Å². The number of rotatable bonds is 13. The van der Waals surface area contributed by atoms with Crippen molar-refractivity contribution in [2.75, 3.05) is 20.8 Å². The Bertz CT molecular complexity index is 1080. The highest BCUT2D eigenvalue weighted by molar-refractivity contribution is 6.71. The summed E-state index contributed by atoms with van der Waals surface area (Å²) in [6.45, 7) is 6.65. The summed E-state index contributed by atoms with van der Waals surface area (Å²) in [5.74, 6) is 2.24. The van der Waals surface area contributed by atoms with E-state index in [0.717, 1.165) is 53.2 Å². The number of unbranched alkanes of at least 4 members (excludes halogenated alkanes) is 2. The average molecular weight is 541 g/mol. The maximum Gasteiger partial charge on any atom is 0.292 e. The number of methoxy groups -OCH3 is 2. The first-order valence-electron chi connectivity index (χ1n) is 12.6. The molecule has 7 heteroatoms. The maximum atomic E-state index is 11.9. The molecule has 0 N–H and O–H groups in total. The number of hydrogen-bond acceptors (Lipinski definition) is 5. The van der Waals surface area contributed by atoms with Gasteiger partial charge in [-0.3, -0.25) is 4.79 Å². The molecule has 0 aliphatic heterocycles. The molecule has 0 radical (unpaired) electrons. The summed E-state index contributed by atoms with van der Waals surface area (Å²) in [7, 11) is 1.49. The van der Waals surface area contributed by atoms with E-state index in [1.54, 1.807) is 14.2 Å². The fraction of sp³-hybridized carbons (Fsp3) is 0.367. The first kappa shape index (κ1) is 28.6. The second-order valence-electron chi connectivity index (χ2n) is 9.89. The topological polar surface area (TPSA) is 54.0 Å². The Kier molecular flexibility index (Phi) is 10.1. The molecule has 0 bridgehead atoms. The predicted octanol–water partition coefficient (Wildman–Crippen LogP) is 7.55. The molecule has 0 fully saturated rings. The lowest BCUT2D eigenvalue weighted by Gasteiger charge is -2.29. The molecule has 0 aliphatic rings. The van der Waals surface area contributed by atoms with E-state index in [9.17, 15) is 4.79 Å². The van der Waals surface area contributed by atoms with Crippen LogP contribution in [-0.4, -0.2) is 35.1 Å². The van der Waals surface area contributed by atoms with Crippen molar-refractivity contribution >= 4 is 25.9 Å². The van der Waals surface area contributed by atoms with Crippen molar-refractivity contribution in [2.45, 2.75) is 50.2 Å². The van der Waals surface area contributed by atoms with Gasteiger partial charge in [-0.2, -0.15) is 0 Å². The zero-order chi connectivity index (χ0) is 26.9. The fourth-order valence-electron chi connectivity index (χ4n) is 4.05. The molecule has 3 aromatic rings. The summed E-state index contributed by atoms with van der Waals surface area (Å²) < 4.78 is 22.1. The van der Waals surface area contributed by atoms with E-state index < -0.39 is 13.2 Å². The third kappa shape index (κ3) is 8.01. The van der Waals surface area contributed by atoms with Crippen LogP contribution in [0.4, 0.5) is 0 Å². The normalized spacial score (nSPS) is 11.6. The molecular weight excluding hydrogens is 504 g/mol. The Labute approximate surface area is 226 Å². The Morgan fingerprint density at radius 2 is 1.14 bits per heavy atom. The summed E-state index contributed by atoms with van der Waals surface area (Å²) in [4.78, 5) is 11.0. The molecule has 0 saturated heterocycles. The minimum atomic E-state index is -1.81. The number of ether oxygens (including phenoxy) is 3. The number of alkyl halides is 1. The van der Waals surface area contributed by atoms with Gasteiger partial charge in [0.1, 0.15) is 22.1 Å². The molecule has 0 heterocycles. The maximum absolute atomic E-state index is 11.9. The summed E-state index contributed by atoms with van der Waals surface area (Å²) in [6, 6.07) is 23.5. The lowest BCUT2D eigenvalue weighted by molar-refractivity contribution is -0.135. The third-order valence-corrected chi connectivity index (χ3v) is 7.44. The lowest BCUT2D eigenvalue weighted by Crippen LogP contribution is -2.28. The van der Waals surface area contributed by atoms with Crippen LogP contribution in [0.5, 0.6) is 17.2 Å². The molecule has 0 spiro atoms. The molecule has 0 aliphatic carbocycles. The van der Waals surface area contributed by atoms with Crippen LogP contribution >= 0.6 is 11.6 Å². The van der Waals surface area contributed by atoms with Crippen LogP contribution in [0, 0.1) is 0 Å². The van der Waals surface area contributed by atoms with E-state index in [0.29, 0.717) is 13.0 Å². The van der Waals surface area contributed by atoms with Gasteiger partial charge in [0.2, 0.25) is 8.32 Å². The smallest absolute Gasteiger partial charge is 0.292 e. The summed E-state index contributed by atoms with van der Waals surface area (Å²) in [6.07, 6.45) is 3.06. The molecule has 3 rings (SSSR count). The van der Waals surface area contributed by atoms with Gasteiger partial charge in [-0.05, 0) is 92.0 Å². The summed E-state index contributed by atoms with van der Waals surface area (Å²) >= 11 is 7.43. The monoisotopic (exact) mass is 540 g/mol. The minimum Gasteiger partial charge on any atom is -0.520 e. The van der Waals surface area contributed by atoms with Gasteiger partial charge < -0.3 is 18.6 Å². The molecule has 0 amide bonds. The van der Waals surface area contributed by atoms with Gasteiger partial charge in [0.25, 0.3) is 5.97 Å². The molecule has 0 atom stereocenters. The van der Waals surface area contributed by atoms with Crippen LogP contribution < -0.4 is 14.2 Å². The summed E-state index contributed by atoms with van der Waals surface area (Å²) in [5.41, 5.74) is 2.79. The van der Waals surface area contributed by atoms with Crippen molar-refractivity contribution in [1.29, 1.82) is 0 Å². The molecule has 0 unspecified atom stereocenters. The van der Waals surface area contributed by atoms with E-state index in [2.05, 4.69) is 0 Å². The van der Waals surface area contributed by atoms with Crippen LogP contribution in [0.2, 0.25) is 19.6 Å². The molecule has 3 aromatic carbocycles. The van der Waals surface area contributed by atoms with Crippen molar-refractivity contribution in [3.8, 4) is 17.2 Å². The number of benzene rings is 3. The molecular formula is C30H37ClO5Si. The predicted molar refractivity (Wildman–Crippen MR) is 152 cm³/mol. The van der Waals surface area contributed by atoms with Crippen molar-refractivity contribution in [1.82, 2.24) is 0 Å². The second-order valence-corrected chi connectivity index (χ2v) is 14.9. The number of hydrogen-bond donors (Lipinski definition) is 0. The van der Waals surface area contributed by atoms with Gasteiger partial charge in [-0.1, -0.05) is 36.4 Å². The largest absolute Gasteiger partial charge is 0.520 e. The van der Waals surface area contributed by atoms with Gasteiger partial charge in [0.05, 0.1) is 20.8 Å². The first-order valence-corrected chi connectivity index (χ1v) is 16.4. The van der Waals surface area contributed by atoms with Gasteiger partial charge in [-0.25, -0.2) is 0 Å². The highest BCUT2D eigenvalue weighted by Crippen LogP contribution is 2.44. The molecule has 0 aromatic heterocycles. The van der Waals surface area contributed by atoms with Crippen molar-refractivity contribution in [3.05, 3.63) is 89.5 Å². The molecule has 198 valence electrons. The van der Waals surface area contributed by atoms with E-state index in [1.165, 1.54) is 0 Å². The van der Waals surface area contributed by atoms with Crippen LogP contribution in [0.1, 0.15) is 42.4 Å². The summed E-state index contributed by atoms with van der Waals surface area (Å²) in [5, 5.41) is 0. The van der Waals surface area contributed by atoms with E-state index in [4.69, 9.17) is 30.2 Å². The average Bonchev–Trinajstić information content (AvgIpc) is 2.89. The van der Waals surface area contributed by atoms with Crippen LogP contribution in [-0.2, 0) is 14.1 Å².